The third-order valence-electron chi connectivity index (χ3n) is 4.80. The molecule has 6 nitrogen and oxygen atoms in total. The van der Waals surface area contributed by atoms with Crippen molar-refractivity contribution in [1.29, 1.82) is 0 Å². The first-order valence-corrected chi connectivity index (χ1v) is 9.47. The van der Waals surface area contributed by atoms with Crippen LogP contribution in [0.5, 0.6) is 5.75 Å². The molecule has 3 aromatic rings. The van der Waals surface area contributed by atoms with E-state index in [-0.39, 0.29) is 12.3 Å². The molecule has 29 heavy (non-hydrogen) atoms. The van der Waals surface area contributed by atoms with E-state index in [0.717, 1.165) is 42.4 Å². The van der Waals surface area contributed by atoms with E-state index in [1.807, 2.05) is 12.1 Å². The summed E-state index contributed by atoms with van der Waals surface area (Å²) in [6, 6.07) is 11.2. The average molecular weight is 397 g/mol. The zero-order valence-electron chi connectivity index (χ0n) is 15.7. The van der Waals surface area contributed by atoms with E-state index >= 15 is 0 Å². The van der Waals surface area contributed by atoms with Crippen LogP contribution >= 0.6 is 0 Å². The Balaban J connectivity index is 1.29. The summed E-state index contributed by atoms with van der Waals surface area (Å²) in [4.78, 5) is 23.7. The number of furan rings is 1. The molecule has 1 N–H and O–H groups in total. The summed E-state index contributed by atoms with van der Waals surface area (Å²) in [6.45, 7) is -0.858. The number of rotatable bonds is 6. The molecule has 1 heterocycles. The standard InChI is InChI=1S/C22H20FNO5/c23-17-6-2-3-7-18(17)24-21(25)12-28-22(26)13-27-14-9-10-20-16(11-14)15-5-1-4-8-19(15)29-20/h2-3,6-7,9-11H,1,4-5,8,12-13H2,(H,24,25). The van der Waals surface area contributed by atoms with Crippen LogP contribution in [0.4, 0.5) is 10.1 Å². The molecule has 7 heteroatoms. The number of fused-ring (bicyclic) bond motifs is 3. The largest absolute Gasteiger partial charge is 0.482 e. The summed E-state index contributed by atoms with van der Waals surface area (Å²) < 4.78 is 29.8. The van der Waals surface area contributed by atoms with Gasteiger partial charge in [0.2, 0.25) is 0 Å². The number of nitrogens with one attached hydrogen (secondary N) is 1. The molecular formula is C22H20FNO5. The molecule has 1 aliphatic rings. The second-order valence-electron chi connectivity index (χ2n) is 6.85. The predicted molar refractivity (Wildman–Crippen MR) is 104 cm³/mol. The number of carbonyl (C=O) groups is 2. The first-order valence-electron chi connectivity index (χ1n) is 9.47. The zero-order valence-corrected chi connectivity index (χ0v) is 15.7. The van der Waals surface area contributed by atoms with E-state index in [9.17, 15) is 14.0 Å². The Bertz CT molecular complexity index is 1060. The topological polar surface area (TPSA) is 77.8 Å². The monoisotopic (exact) mass is 397 g/mol. The molecule has 0 aliphatic heterocycles. The Morgan fingerprint density at radius 2 is 1.90 bits per heavy atom. The van der Waals surface area contributed by atoms with E-state index in [2.05, 4.69) is 5.32 Å². The van der Waals surface area contributed by atoms with Crippen LogP contribution in [0.3, 0.4) is 0 Å². The van der Waals surface area contributed by atoms with Gasteiger partial charge in [-0.1, -0.05) is 12.1 Å². The summed E-state index contributed by atoms with van der Waals surface area (Å²) >= 11 is 0. The van der Waals surface area contributed by atoms with E-state index in [1.165, 1.54) is 23.8 Å². The minimum absolute atomic E-state index is 0.0292. The summed E-state index contributed by atoms with van der Waals surface area (Å²) in [7, 11) is 0. The van der Waals surface area contributed by atoms with Crippen LogP contribution in [0.15, 0.2) is 46.9 Å². The molecule has 2 aromatic carbocycles. The van der Waals surface area contributed by atoms with Gasteiger partial charge in [0.1, 0.15) is 22.9 Å². The van der Waals surface area contributed by atoms with E-state index in [4.69, 9.17) is 13.9 Å². The number of anilines is 1. The highest BCUT2D eigenvalue weighted by Gasteiger charge is 2.18. The SMILES string of the molecule is O=C(COC(=O)COc1ccc2oc3c(c2c1)CCCC3)Nc1ccccc1F. The summed E-state index contributed by atoms with van der Waals surface area (Å²) in [5.41, 5.74) is 2.06. The number of ether oxygens (including phenoxy) is 2. The van der Waals surface area contributed by atoms with Gasteiger partial charge >= 0.3 is 5.97 Å². The molecule has 150 valence electrons. The van der Waals surface area contributed by atoms with Gasteiger partial charge in [-0.3, -0.25) is 4.79 Å². The minimum Gasteiger partial charge on any atom is -0.482 e. The highest BCUT2D eigenvalue weighted by molar-refractivity contribution is 5.93. The van der Waals surface area contributed by atoms with Gasteiger partial charge in [-0.2, -0.15) is 0 Å². The van der Waals surface area contributed by atoms with Crippen molar-refractivity contribution in [2.24, 2.45) is 0 Å². The molecule has 0 unspecified atom stereocenters. The van der Waals surface area contributed by atoms with Gasteiger partial charge in [0.05, 0.1) is 5.69 Å². The molecular weight excluding hydrogens is 377 g/mol. The van der Waals surface area contributed by atoms with Crippen molar-refractivity contribution in [3.63, 3.8) is 0 Å². The van der Waals surface area contributed by atoms with Crippen molar-refractivity contribution in [1.82, 2.24) is 0 Å². The summed E-state index contributed by atoms with van der Waals surface area (Å²) in [5.74, 6) is -0.326. The van der Waals surface area contributed by atoms with Crippen LogP contribution in [-0.4, -0.2) is 25.1 Å². The molecule has 0 radical (unpaired) electrons. The Morgan fingerprint density at radius 3 is 2.76 bits per heavy atom. The first-order chi connectivity index (χ1) is 14.1. The molecule has 0 bridgehead atoms. The maximum absolute atomic E-state index is 13.5. The normalized spacial score (nSPS) is 13.0. The van der Waals surface area contributed by atoms with E-state index < -0.39 is 24.3 Å². The minimum atomic E-state index is -0.692. The third kappa shape index (κ3) is 4.39. The number of hydrogen-bond donors (Lipinski definition) is 1. The maximum atomic E-state index is 13.5. The molecule has 4 rings (SSSR count). The number of halogens is 1. The number of benzene rings is 2. The zero-order chi connectivity index (χ0) is 20.2. The van der Waals surface area contributed by atoms with Crippen LogP contribution in [0.1, 0.15) is 24.2 Å². The van der Waals surface area contributed by atoms with Gasteiger partial charge in [0.25, 0.3) is 5.91 Å². The van der Waals surface area contributed by atoms with Gasteiger partial charge in [-0.05, 0) is 49.6 Å². The lowest BCUT2D eigenvalue weighted by atomic mass is 9.96. The summed E-state index contributed by atoms with van der Waals surface area (Å²) in [5, 5.41) is 3.35. The number of aryl methyl sites for hydroxylation is 2. The van der Waals surface area contributed by atoms with Crippen molar-refractivity contribution < 1.29 is 27.9 Å². The Kier molecular flexibility index (Phi) is 5.46. The van der Waals surface area contributed by atoms with Crippen LogP contribution in [0, 0.1) is 5.82 Å². The van der Waals surface area contributed by atoms with Crippen molar-refractivity contribution in [3.8, 4) is 5.75 Å². The Labute approximate surface area is 166 Å². The lowest BCUT2D eigenvalue weighted by Gasteiger charge is -2.09. The molecule has 0 spiro atoms. The van der Waals surface area contributed by atoms with Crippen LogP contribution in [-0.2, 0) is 27.2 Å². The fourth-order valence-electron chi connectivity index (χ4n) is 3.41. The molecule has 0 atom stereocenters. The van der Waals surface area contributed by atoms with Gasteiger partial charge < -0.3 is 19.2 Å². The maximum Gasteiger partial charge on any atom is 0.344 e. The molecule has 1 aromatic heterocycles. The smallest absolute Gasteiger partial charge is 0.344 e. The lowest BCUT2D eigenvalue weighted by molar-refractivity contribution is -0.149. The molecule has 1 aliphatic carbocycles. The van der Waals surface area contributed by atoms with Crippen molar-refractivity contribution in [2.45, 2.75) is 25.7 Å². The predicted octanol–water partition coefficient (Wildman–Crippen LogP) is 4.01. The van der Waals surface area contributed by atoms with Crippen molar-refractivity contribution in [3.05, 3.63) is 59.6 Å². The first kappa shape index (κ1) is 19.0. The average Bonchev–Trinajstić information content (AvgIpc) is 3.10. The highest BCUT2D eigenvalue weighted by atomic mass is 19.1. The number of hydrogen-bond acceptors (Lipinski definition) is 5. The van der Waals surface area contributed by atoms with Gasteiger partial charge in [0.15, 0.2) is 13.2 Å². The number of para-hydroxylation sites is 1. The van der Waals surface area contributed by atoms with Crippen LogP contribution in [0.25, 0.3) is 11.0 Å². The fraction of sp³-hybridized carbons (Fsp3) is 0.273. The molecule has 0 fully saturated rings. The van der Waals surface area contributed by atoms with Gasteiger partial charge in [-0.15, -0.1) is 0 Å². The van der Waals surface area contributed by atoms with Crippen LogP contribution < -0.4 is 10.1 Å². The van der Waals surface area contributed by atoms with E-state index in [1.54, 1.807) is 12.1 Å². The van der Waals surface area contributed by atoms with Crippen LogP contribution in [0.2, 0.25) is 0 Å². The number of amides is 1. The van der Waals surface area contributed by atoms with Gasteiger partial charge in [0, 0.05) is 17.4 Å². The summed E-state index contributed by atoms with van der Waals surface area (Å²) in [6.07, 6.45) is 4.19. The Hall–Kier alpha value is -3.35. The lowest BCUT2D eigenvalue weighted by Crippen LogP contribution is -2.24. The number of carbonyl (C=O) groups excluding carboxylic acids is 2. The Morgan fingerprint density at radius 1 is 1.07 bits per heavy atom. The highest BCUT2D eigenvalue weighted by Crippen LogP contribution is 2.33. The van der Waals surface area contributed by atoms with E-state index in [0.29, 0.717) is 5.75 Å². The van der Waals surface area contributed by atoms with Crippen molar-refractivity contribution in [2.75, 3.05) is 18.5 Å². The quantitative estimate of drug-likeness (QED) is 0.636. The fourth-order valence-corrected chi connectivity index (χ4v) is 3.41. The number of esters is 1. The third-order valence-corrected chi connectivity index (χ3v) is 4.80. The molecule has 0 saturated carbocycles. The second-order valence-corrected chi connectivity index (χ2v) is 6.85. The van der Waals surface area contributed by atoms with Crippen molar-refractivity contribution >= 4 is 28.5 Å². The molecule has 0 saturated heterocycles. The second kappa shape index (κ2) is 8.34. The molecule has 1 amide bonds. The van der Waals surface area contributed by atoms with Gasteiger partial charge in [-0.25, -0.2) is 9.18 Å².